The van der Waals surface area contributed by atoms with Gasteiger partial charge in [0.25, 0.3) is 0 Å². The van der Waals surface area contributed by atoms with E-state index in [2.05, 4.69) is 10.5 Å². The highest BCUT2D eigenvalue weighted by molar-refractivity contribution is 5.97. The van der Waals surface area contributed by atoms with Gasteiger partial charge in [0.1, 0.15) is 5.82 Å². The Balaban J connectivity index is 2.69. The first-order valence-corrected chi connectivity index (χ1v) is 5.33. The summed E-state index contributed by atoms with van der Waals surface area (Å²) in [5, 5.41) is 31.9. The number of rotatable bonds is 6. The number of nitrogens with zero attached hydrogens (tertiary/aromatic N) is 1. The second kappa shape index (κ2) is 6.90. The lowest BCUT2D eigenvalue weighted by Gasteiger charge is -2.10. The van der Waals surface area contributed by atoms with Crippen LogP contribution in [0.2, 0.25) is 0 Å². The minimum atomic E-state index is -0.859. The Morgan fingerprint density at radius 1 is 1.44 bits per heavy atom. The number of halogens is 1. The lowest BCUT2D eigenvalue weighted by molar-refractivity contribution is 0.0942. The van der Waals surface area contributed by atoms with E-state index in [1.165, 1.54) is 6.07 Å². The third-order valence-electron chi connectivity index (χ3n) is 2.28. The van der Waals surface area contributed by atoms with E-state index in [4.69, 9.17) is 21.2 Å². The van der Waals surface area contributed by atoms with Crippen molar-refractivity contribution in [2.75, 3.05) is 13.2 Å². The molecule has 1 unspecified atom stereocenters. The SMILES string of the molecule is N/C(=N/O)c1cc(F)cc(CNCC(O)CO)c1. The van der Waals surface area contributed by atoms with Gasteiger partial charge < -0.3 is 26.5 Å². The number of nitrogens with two attached hydrogens (primary N) is 1. The Labute approximate surface area is 104 Å². The van der Waals surface area contributed by atoms with Crippen LogP contribution in [0.3, 0.4) is 0 Å². The minimum absolute atomic E-state index is 0.175. The highest BCUT2D eigenvalue weighted by Crippen LogP contribution is 2.09. The van der Waals surface area contributed by atoms with Crippen molar-refractivity contribution in [3.8, 4) is 0 Å². The molecule has 1 rings (SSSR count). The van der Waals surface area contributed by atoms with Crippen molar-refractivity contribution in [3.05, 3.63) is 35.1 Å². The third-order valence-corrected chi connectivity index (χ3v) is 2.28. The third kappa shape index (κ3) is 4.28. The predicted molar refractivity (Wildman–Crippen MR) is 63.7 cm³/mol. The second-order valence-corrected chi connectivity index (χ2v) is 3.80. The van der Waals surface area contributed by atoms with Crippen LogP contribution in [0.25, 0.3) is 0 Å². The Morgan fingerprint density at radius 2 is 2.17 bits per heavy atom. The van der Waals surface area contributed by atoms with Gasteiger partial charge in [0.05, 0.1) is 12.7 Å². The van der Waals surface area contributed by atoms with Crippen LogP contribution in [0, 0.1) is 5.82 Å². The molecule has 0 saturated heterocycles. The lowest BCUT2D eigenvalue weighted by Crippen LogP contribution is -2.29. The van der Waals surface area contributed by atoms with Gasteiger partial charge in [-0.05, 0) is 23.8 Å². The van der Waals surface area contributed by atoms with Gasteiger partial charge in [-0.3, -0.25) is 0 Å². The van der Waals surface area contributed by atoms with Crippen molar-refractivity contribution < 1.29 is 19.8 Å². The summed E-state index contributed by atoms with van der Waals surface area (Å²) in [7, 11) is 0. The van der Waals surface area contributed by atoms with Crippen molar-refractivity contribution in [2.24, 2.45) is 10.9 Å². The van der Waals surface area contributed by atoms with E-state index < -0.39 is 11.9 Å². The molecule has 7 heteroatoms. The van der Waals surface area contributed by atoms with Crippen molar-refractivity contribution in [2.45, 2.75) is 12.6 Å². The summed E-state index contributed by atoms with van der Waals surface area (Å²) in [5.74, 6) is -0.676. The van der Waals surface area contributed by atoms with E-state index in [0.29, 0.717) is 12.1 Å². The summed E-state index contributed by atoms with van der Waals surface area (Å²) in [6, 6.07) is 4.02. The van der Waals surface area contributed by atoms with Gasteiger partial charge in [0, 0.05) is 18.7 Å². The monoisotopic (exact) mass is 257 g/mol. The molecule has 0 spiro atoms. The topological polar surface area (TPSA) is 111 Å². The van der Waals surface area contributed by atoms with Crippen molar-refractivity contribution in [1.82, 2.24) is 5.32 Å². The summed E-state index contributed by atoms with van der Waals surface area (Å²) in [4.78, 5) is 0. The largest absolute Gasteiger partial charge is 0.409 e. The van der Waals surface area contributed by atoms with E-state index in [1.54, 1.807) is 6.07 Å². The van der Waals surface area contributed by atoms with Gasteiger partial charge in [-0.25, -0.2) is 4.39 Å². The molecule has 18 heavy (non-hydrogen) atoms. The van der Waals surface area contributed by atoms with E-state index in [9.17, 15) is 4.39 Å². The van der Waals surface area contributed by atoms with Crippen LogP contribution in [-0.4, -0.2) is 40.5 Å². The standard InChI is InChI=1S/C11H16FN3O3/c12-9-2-7(4-14-5-10(17)6-16)1-8(3-9)11(13)15-18/h1-3,10,14,16-18H,4-6H2,(H2,13,15). The number of aliphatic hydroxyl groups excluding tert-OH is 2. The Kier molecular flexibility index (Phi) is 5.50. The summed E-state index contributed by atoms with van der Waals surface area (Å²) in [5.41, 5.74) is 6.23. The molecule has 0 bridgehead atoms. The van der Waals surface area contributed by atoms with Crippen LogP contribution in [0.4, 0.5) is 4.39 Å². The minimum Gasteiger partial charge on any atom is -0.409 e. The molecule has 0 amide bonds. The van der Waals surface area contributed by atoms with E-state index >= 15 is 0 Å². The van der Waals surface area contributed by atoms with Gasteiger partial charge >= 0.3 is 0 Å². The first-order chi connectivity index (χ1) is 8.56. The van der Waals surface area contributed by atoms with Gasteiger partial charge in [0.2, 0.25) is 0 Å². The van der Waals surface area contributed by atoms with Crippen molar-refractivity contribution >= 4 is 5.84 Å². The molecule has 0 saturated carbocycles. The lowest BCUT2D eigenvalue weighted by atomic mass is 10.1. The fraction of sp³-hybridized carbons (Fsp3) is 0.364. The summed E-state index contributed by atoms with van der Waals surface area (Å²) in [6.45, 7) is 0.137. The molecule has 1 aromatic carbocycles. The van der Waals surface area contributed by atoms with Crippen LogP contribution >= 0.6 is 0 Å². The summed E-state index contributed by atoms with van der Waals surface area (Å²) in [6.07, 6.45) is -0.859. The van der Waals surface area contributed by atoms with Crippen molar-refractivity contribution in [3.63, 3.8) is 0 Å². The zero-order valence-corrected chi connectivity index (χ0v) is 9.67. The van der Waals surface area contributed by atoms with Crippen molar-refractivity contribution in [1.29, 1.82) is 0 Å². The predicted octanol–water partition coefficient (Wildman–Crippen LogP) is -0.637. The highest BCUT2D eigenvalue weighted by Gasteiger charge is 2.06. The smallest absolute Gasteiger partial charge is 0.170 e. The van der Waals surface area contributed by atoms with E-state index in [0.717, 1.165) is 6.07 Å². The molecule has 1 atom stereocenters. The van der Waals surface area contributed by atoms with Crippen LogP contribution in [0.15, 0.2) is 23.4 Å². The molecule has 0 heterocycles. The summed E-state index contributed by atoms with van der Waals surface area (Å²) >= 11 is 0. The molecule has 0 aliphatic rings. The number of amidine groups is 1. The highest BCUT2D eigenvalue weighted by atomic mass is 19.1. The fourth-order valence-corrected chi connectivity index (χ4v) is 1.41. The molecule has 6 N–H and O–H groups in total. The number of hydrogen-bond acceptors (Lipinski definition) is 5. The van der Waals surface area contributed by atoms with Crippen LogP contribution < -0.4 is 11.1 Å². The molecule has 0 radical (unpaired) electrons. The number of oxime groups is 1. The maximum Gasteiger partial charge on any atom is 0.170 e. The molecule has 0 aromatic heterocycles. The first kappa shape index (κ1) is 14.4. The van der Waals surface area contributed by atoms with Gasteiger partial charge in [-0.2, -0.15) is 0 Å². The van der Waals surface area contributed by atoms with Crippen LogP contribution in [0.5, 0.6) is 0 Å². The van der Waals surface area contributed by atoms with Gasteiger partial charge in [-0.15, -0.1) is 0 Å². The molecular formula is C11H16FN3O3. The molecular weight excluding hydrogens is 241 g/mol. The van der Waals surface area contributed by atoms with Gasteiger partial charge in [0.15, 0.2) is 5.84 Å². The number of hydrogen-bond donors (Lipinski definition) is 5. The fourth-order valence-electron chi connectivity index (χ4n) is 1.41. The number of aliphatic hydroxyl groups is 2. The summed E-state index contributed by atoms with van der Waals surface area (Å²) < 4.78 is 13.3. The Morgan fingerprint density at radius 3 is 2.78 bits per heavy atom. The first-order valence-electron chi connectivity index (χ1n) is 5.33. The average Bonchev–Trinajstić information content (AvgIpc) is 2.36. The zero-order chi connectivity index (χ0) is 13.5. The van der Waals surface area contributed by atoms with Crippen LogP contribution in [-0.2, 0) is 6.54 Å². The van der Waals surface area contributed by atoms with Gasteiger partial charge in [-0.1, -0.05) is 5.16 Å². The van der Waals surface area contributed by atoms with E-state index in [-0.39, 0.29) is 24.6 Å². The quantitative estimate of drug-likeness (QED) is 0.201. The Hall–Kier alpha value is -1.70. The molecule has 0 aliphatic carbocycles. The number of benzene rings is 1. The molecule has 6 nitrogen and oxygen atoms in total. The second-order valence-electron chi connectivity index (χ2n) is 3.80. The maximum atomic E-state index is 13.3. The normalized spacial score (nSPS) is 13.6. The molecule has 0 aliphatic heterocycles. The Bertz CT molecular complexity index is 426. The number of nitrogens with one attached hydrogen (secondary N) is 1. The molecule has 100 valence electrons. The van der Waals surface area contributed by atoms with Crippen LogP contribution in [0.1, 0.15) is 11.1 Å². The van der Waals surface area contributed by atoms with E-state index in [1.807, 2.05) is 0 Å². The maximum absolute atomic E-state index is 13.3. The zero-order valence-electron chi connectivity index (χ0n) is 9.67. The molecule has 0 fully saturated rings. The average molecular weight is 257 g/mol. The molecule has 1 aromatic rings.